The SMILES string of the molecule is CC(c1ccccc1Cl)N(C)c1cc(F)c(Cl)cc1N. The minimum absolute atomic E-state index is 0.0186. The van der Waals surface area contributed by atoms with Gasteiger partial charge in [-0.25, -0.2) is 4.39 Å². The van der Waals surface area contributed by atoms with Crippen LogP contribution in [0, 0.1) is 5.82 Å². The van der Waals surface area contributed by atoms with Gasteiger partial charge in [-0.05, 0) is 24.6 Å². The number of halogens is 3. The molecule has 0 saturated heterocycles. The third-order valence-corrected chi connectivity index (χ3v) is 4.02. The fraction of sp³-hybridized carbons (Fsp3) is 0.200. The summed E-state index contributed by atoms with van der Waals surface area (Å²) < 4.78 is 13.6. The Balaban J connectivity index is 2.39. The van der Waals surface area contributed by atoms with Crippen molar-refractivity contribution in [3.05, 3.63) is 57.8 Å². The molecule has 2 rings (SSSR count). The number of anilines is 2. The Hall–Kier alpha value is -1.45. The molecule has 0 aliphatic carbocycles. The van der Waals surface area contributed by atoms with Gasteiger partial charge >= 0.3 is 0 Å². The predicted molar refractivity (Wildman–Crippen MR) is 84.1 cm³/mol. The molecular formula is C15H15Cl2FN2. The van der Waals surface area contributed by atoms with Crippen LogP contribution in [0.15, 0.2) is 36.4 Å². The minimum atomic E-state index is -0.492. The third kappa shape index (κ3) is 2.84. The van der Waals surface area contributed by atoms with Gasteiger partial charge in [0.2, 0.25) is 0 Å². The maximum Gasteiger partial charge on any atom is 0.144 e. The summed E-state index contributed by atoms with van der Waals surface area (Å²) in [6.45, 7) is 1.98. The molecule has 0 radical (unpaired) electrons. The second-order valence-electron chi connectivity index (χ2n) is 4.63. The van der Waals surface area contributed by atoms with Gasteiger partial charge in [-0.3, -0.25) is 0 Å². The number of nitrogens with zero attached hydrogens (tertiary/aromatic N) is 1. The van der Waals surface area contributed by atoms with Crippen LogP contribution in [0.4, 0.5) is 15.8 Å². The second kappa shape index (κ2) is 5.90. The van der Waals surface area contributed by atoms with E-state index in [1.165, 1.54) is 12.1 Å². The van der Waals surface area contributed by atoms with E-state index >= 15 is 0 Å². The van der Waals surface area contributed by atoms with E-state index in [9.17, 15) is 4.39 Å². The van der Waals surface area contributed by atoms with Gasteiger partial charge in [0.1, 0.15) is 5.82 Å². The van der Waals surface area contributed by atoms with Gasteiger partial charge in [-0.15, -0.1) is 0 Å². The average Bonchev–Trinajstić information content (AvgIpc) is 2.42. The number of benzene rings is 2. The summed E-state index contributed by atoms with van der Waals surface area (Å²) in [7, 11) is 1.84. The maximum absolute atomic E-state index is 13.6. The Labute approximate surface area is 127 Å². The van der Waals surface area contributed by atoms with Crippen molar-refractivity contribution in [3.63, 3.8) is 0 Å². The molecule has 0 aromatic heterocycles. The fourth-order valence-electron chi connectivity index (χ4n) is 2.09. The van der Waals surface area contributed by atoms with Crippen molar-refractivity contribution in [1.82, 2.24) is 0 Å². The van der Waals surface area contributed by atoms with Crippen molar-refractivity contribution in [1.29, 1.82) is 0 Å². The molecule has 1 unspecified atom stereocenters. The first kappa shape index (κ1) is 14.9. The highest BCUT2D eigenvalue weighted by Gasteiger charge is 2.18. The number of nitrogen functional groups attached to an aromatic ring is 1. The van der Waals surface area contributed by atoms with Gasteiger partial charge in [0.15, 0.2) is 0 Å². The molecule has 0 spiro atoms. The van der Waals surface area contributed by atoms with Gasteiger partial charge < -0.3 is 10.6 Å². The van der Waals surface area contributed by atoms with Crippen LogP contribution in [0.2, 0.25) is 10.0 Å². The molecule has 106 valence electrons. The van der Waals surface area contributed by atoms with Crippen LogP contribution in [0.5, 0.6) is 0 Å². The topological polar surface area (TPSA) is 29.3 Å². The highest BCUT2D eigenvalue weighted by atomic mass is 35.5. The number of rotatable bonds is 3. The van der Waals surface area contributed by atoms with Crippen molar-refractivity contribution in [3.8, 4) is 0 Å². The van der Waals surface area contributed by atoms with Crippen LogP contribution >= 0.6 is 23.2 Å². The fourth-order valence-corrected chi connectivity index (χ4v) is 2.55. The molecule has 0 bridgehead atoms. The van der Waals surface area contributed by atoms with Gasteiger partial charge in [0.25, 0.3) is 0 Å². The molecule has 0 saturated carbocycles. The Bertz CT molecular complexity index is 631. The maximum atomic E-state index is 13.6. The molecule has 1 atom stereocenters. The first-order valence-electron chi connectivity index (χ1n) is 6.13. The van der Waals surface area contributed by atoms with Crippen LogP contribution in [0.25, 0.3) is 0 Å². The lowest BCUT2D eigenvalue weighted by atomic mass is 10.1. The zero-order chi connectivity index (χ0) is 14.9. The standard InChI is InChI=1S/C15H15Cl2FN2/c1-9(10-5-3-4-6-11(10)16)20(2)15-8-13(18)12(17)7-14(15)19/h3-9H,19H2,1-2H3. The predicted octanol–water partition coefficient (Wildman–Crippen LogP) is 4.91. The van der Waals surface area contributed by atoms with E-state index in [1.54, 1.807) is 0 Å². The molecule has 0 amide bonds. The van der Waals surface area contributed by atoms with Gasteiger partial charge in [-0.1, -0.05) is 41.4 Å². The zero-order valence-electron chi connectivity index (χ0n) is 11.2. The summed E-state index contributed by atoms with van der Waals surface area (Å²) in [5.41, 5.74) is 7.88. The lowest BCUT2D eigenvalue weighted by Crippen LogP contribution is -2.23. The molecule has 0 aliphatic heterocycles. The van der Waals surface area contributed by atoms with Crippen LogP contribution in [-0.4, -0.2) is 7.05 Å². The monoisotopic (exact) mass is 312 g/mol. The van der Waals surface area contributed by atoms with E-state index < -0.39 is 5.82 Å². The van der Waals surface area contributed by atoms with Crippen molar-refractivity contribution >= 4 is 34.6 Å². The molecular weight excluding hydrogens is 298 g/mol. The van der Waals surface area contributed by atoms with E-state index in [-0.39, 0.29) is 11.1 Å². The highest BCUT2D eigenvalue weighted by Crippen LogP contribution is 2.35. The van der Waals surface area contributed by atoms with Crippen molar-refractivity contribution in [2.45, 2.75) is 13.0 Å². The Kier molecular flexibility index (Phi) is 4.41. The van der Waals surface area contributed by atoms with Crippen molar-refractivity contribution in [2.24, 2.45) is 0 Å². The Morgan fingerprint density at radius 2 is 1.80 bits per heavy atom. The quantitative estimate of drug-likeness (QED) is 0.816. The first-order chi connectivity index (χ1) is 9.41. The van der Waals surface area contributed by atoms with Gasteiger partial charge in [-0.2, -0.15) is 0 Å². The van der Waals surface area contributed by atoms with E-state index in [1.807, 2.05) is 43.1 Å². The summed E-state index contributed by atoms with van der Waals surface area (Å²) in [6.07, 6.45) is 0. The molecule has 2 aromatic carbocycles. The molecule has 0 heterocycles. The first-order valence-corrected chi connectivity index (χ1v) is 6.89. The summed E-state index contributed by atoms with van der Waals surface area (Å²) >= 11 is 11.9. The lowest BCUT2D eigenvalue weighted by Gasteiger charge is -2.29. The molecule has 2 N–H and O–H groups in total. The molecule has 0 fully saturated rings. The minimum Gasteiger partial charge on any atom is -0.397 e. The largest absolute Gasteiger partial charge is 0.397 e. The number of hydrogen-bond acceptors (Lipinski definition) is 2. The van der Waals surface area contributed by atoms with Crippen LogP contribution in [0.1, 0.15) is 18.5 Å². The molecule has 2 aromatic rings. The van der Waals surface area contributed by atoms with E-state index in [2.05, 4.69) is 0 Å². The summed E-state index contributed by atoms with van der Waals surface area (Å²) in [5.74, 6) is -0.492. The molecule has 5 heteroatoms. The van der Waals surface area contributed by atoms with Gasteiger partial charge in [0.05, 0.1) is 22.4 Å². The smallest absolute Gasteiger partial charge is 0.144 e. The van der Waals surface area contributed by atoms with Crippen molar-refractivity contribution < 1.29 is 4.39 Å². The summed E-state index contributed by atoms with van der Waals surface area (Å²) in [6, 6.07) is 10.3. The Morgan fingerprint density at radius 3 is 2.45 bits per heavy atom. The zero-order valence-corrected chi connectivity index (χ0v) is 12.7. The average molecular weight is 313 g/mol. The number of nitrogens with two attached hydrogens (primary N) is 1. The second-order valence-corrected chi connectivity index (χ2v) is 5.45. The molecule has 20 heavy (non-hydrogen) atoms. The van der Waals surface area contributed by atoms with Crippen LogP contribution < -0.4 is 10.6 Å². The summed E-state index contributed by atoms with van der Waals surface area (Å²) in [4.78, 5) is 1.87. The van der Waals surface area contributed by atoms with Gasteiger partial charge in [0, 0.05) is 18.1 Å². The Morgan fingerprint density at radius 1 is 1.15 bits per heavy atom. The highest BCUT2D eigenvalue weighted by molar-refractivity contribution is 6.31. The number of hydrogen-bond donors (Lipinski definition) is 1. The molecule has 2 nitrogen and oxygen atoms in total. The summed E-state index contributed by atoms with van der Waals surface area (Å²) in [5, 5.41) is 0.685. The van der Waals surface area contributed by atoms with E-state index in [0.717, 1.165) is 5.56 Å². The normalized spacial score (nSPS) is 12.2. The van der Waals surface area contributed by atoms with Crippen molar-refractivity contribution in [2.75, 3.05) is 17.7 Å². The lowest BCUT2D eigenvalue weighted by molar-refractivity contribution is 0.626. The van der Waals surface area contributed by atoms with E-state index in [4.69, 9.17) is 28.9 Å². The van der Waals surface area contributed by atoms with Crippen LogP contribution in [-0.2, 0) is 0 Å². The van der Waals surface area contributed by atoms with Crippen LogP contribution in [0.3, 0.4) is 0 Å². The molecule has 0 aliphatic rings. The van der Waals surface area contributed by atoms with E-state index in [0.29, 0.717) is 16.4 Å². The third-order valence-electron chi connectivity index (χ3n) is 3.39.